The number of hydrogen-bond donors (Lipinski definition) is 0. The van der Waals surface area contributed by atoms with Crippen LogP contribution >= 0.6 is 11.8 Å². The molecule has 0 spiro atoms. The zero-order valence-corrected chi connectivity index (χ0v) is 16.7. The summed E-state index contributed by atoms with van der Waals surface area (Å²) in [5, 5.41) is 9.53. The quantitative estimate of drug-likeness (QED) is 0.485. The van der Waals surface area contributed by atoms with Crippen molar-refractivity contribution in [2.24, 2.45) is 5.92 Å². The Bertz CT molecular complexity index is 877. The van der Waals surface area contributed by atoms with Gasteiger partial charge in [0.05, 0.1) is 6.61 Å². The average Bonchev–Trinajstić information content (AvgIpc) is 3.08. The highest BCUT2D eigenvalue weighted by atomic mass is 32.2. The third kappa shape index (κ3) is 5.10. The molecule has 1 aromatic heterocycles. The van der Waals surface area contributed by atoms with Gasteiger partial charge in [-0.1, -0.05) is 37.7 Å². The first-order valence-corrected chi connectivity index (χ1v) is 10.1. The summed E-state index contributed by atoms with van der Waals surface area (Å²) in [6, 6.07) is 14.6. The Labute approximate surface area is 163 Å². The van der Waals surface area contributed by atoms with E-state index >= 15 is 0 Å². The SMILES string of the molecule is CCn1c(SCc2cccc(F)c2)nnc1-c1ccc(OCC(C)C)cc1. The Morgan fingerprint density at radius 2 is 1.89 bits per heavy atom. The maximum atomic E-state index is 13.3. The molecule has 3 rings (SSSR count). The number of nitrogens with zero attached hydrogens (tertiary/aromatic N) is 3. The van der Waals surface area contributed by atoms with E-state index in [0.29, 0.717) is 18.3 Å². The normalized spacial score (nSPS) is 11.1. The van der Waals surface area contributed by atoms with Crippen LogP contribution < -0.4 is 4.74 Å². The molecule has 0 saturated heterocycles. The van der Waals surface area contributed by atoms with Crippen LogP contribution in [0.4, 0.5) is 4.39 Å². The summed E-state index contributed by atoms with van der Waals surface area (Å²) in [7, 11) is 0. The van der Waals surface area contributed by atoms with Crippen molar-refractivity contribution < 1.29 is 9.13 Å². The molecule has 4 nitrogen and oxygen atoms in total. The Kier molecular flexibility index (Phi) is 6.50. The number of rotatable bonds is 8. The number of benzene rings is 2. The van der Waals surface area contributed by atoms with Gasteiger partial charge in [-0.2, -0.15) is 0 Å². The fourth-order valence-corrected chi connectivity index (χ4v) is 3.58. The van der Waals surface area contributed by atoms with Crippen LogP contribution in [-0.2, 0) is 12.3 Å². The van der Waals surface area contributed by atoms with Gasteiger partial charge in [-0.15, -0.1) is 10.2 Å². The van der Waals surface area contributed by atoms with Crippen molar-refractivity contribution in [2.75, 3.05) is 6.61 Å². The van der Waals surface area contributed by atoms with Gasteiger partial charge in [0.1, 0.15) is 11.6 Å². The molecule has 0 aliphatic heterocycles. The molecule has 0 aliphatic carbocycles. The summed E-state index contributed by atoms with van der Waals surface area (Å²) in [4.78, 5) is 0. The highest BCUT2D eigenvalue weighted by molar-refractivity contribution is 7.98. The van der Waals surface area contributed by atoms with Crippen molar-refractivity contribution in [2.45, 2.75) is 38.2 Å². The monoisotopic (exact) mass is 385 g/mol. The molecule has 0 amide bonds. The summed E-state index contributed by atoms with van der Waals surface area (Å²) in [6.07, 6.45) is 0. The van der Waals surface area contributed by atoms with Crippen LogP contribution in [0.25, 0.3) is 11.4 Å². The molecule has 1 heterocycles. The minimum atomic E-state index is -0.217. The number of halogens is 1. The summed E-state index contributed by atoms with van der Waals surface area (Å²) >= 11 is 1.56. The minimum Gasteiger partial charge on any atom is -0.493 e. The molecule has 0 saturated carbocycles. The molecular weight excluding hydrogens is 361 g/mol. The molecule has 27 heavy (non-hydrogen) atoms. The molecule has 2 aromatic carbocycles. The lowest BCUT2D eigenvalue weighted by Gasteiger charge is -2.10. The van der Waals surface area contributed by atoms with Gasteiger partial charge in [0.15, 0.2) is 11.0 Å². The van der Waals surface area contributed by atoms with Crippen molar-refractivity contribution >= 4 is 11.8 Å². The first-order valence-electron chi connectivity index (χ1n) is 9.10. The maximum absolute atomic E-state index is 13.3. The lowest BCUT2D eigenvalue weighted by molar-refractivity contribution is 0.271. The Morgan fingerprint density at radius 1 is 1.11 bits per heavy atom. The van der Waals surface area contributed by atoms with Gasteiger partial charge in [-0.3, -0.25) is 0 Å². The maximum Gasteiger partial charge on any atom is 0.191 e. The number of thioether (sulfide) groups is 1. The van der Waals surface area contributed by atoms with Gasteiger partial charge in [0.2, 0.25) is 0 Å². The van der Waals surface area contributed by atoms with E-state index in [9.17, 15) is 4.39 Å². The standard InChI is InChI=1S/C21H24FN3OS/c1-4-25-20(17-8-10-19(11-9-17)26-13-15(2)3)23-24-21(25)27-14-16-6-5-7-18(22)12-16/h5-12,15H,4,13-14H2,1-3H3. The highest BCUT2D eigenvalue weighted by Gasteiger charge is 2.13. The smallest absolute Gasteiger partial charge is 0.191 e. The average molecular weight is 386 g/mol. The van der Waals surface area contributed by atoms with Crippen LogP contribution in [0.5, 0.6) is 5.75 Å². The molecule has 0 radical (unpaired) electrons. The molecule has 0 fully saturated rings. The van der Waals surface area contributed by atoms with Crippen molar-refractivity contribution in [1.82, 2.24) is 14.8 Å². The van der Waals surface area contributed by atoms with E-state index < -0.39 is 0 Å². The summed E-state index contributed by atoms with van der Waals surface area (Å²) in [5.74, 6) is 2.61. The predicted molar refractivity (Wildman–Crippen MR) is 107 cm³/mol. The lowest BCUT2D eigenvalue weighted by Crippen LogP contribution is -2.04. The Hall–Kier alpha value is -2.34. The molecule has 0 bridgehead atoms. The fraction of sp³-hybridized carbons (Fsp3) is 0.333. The van der Waals surface area contributed by atoms with Crippen LogP contribution in [-0.4, -0.2) is 21.4 Å². The Balaban J connectivity index is 1.73. The van der Waals surface area contributed by atoms with Crippen LogP contribution in [0.1, 0.15) is 26.3 Å². The largest absolute Gasteiger partial charge is 0.493 e. The lowest BCUT2D eigenvalue weighted by atomic mass is 10.2. The molecule has 142 valence electrons. The van der Waals surface area contributed by atoms with Crippen LogP contribution in [0.3, 0.4) is 0 Å². The molecule has 0 atom stereocenters. The molecular formula is C21H24FN3OS. The zero-order valence-electron chi connectivity index (χ0n) is 15.9. The molecule has 6 heteroatoms. The van der Waals surface area contributed by atoms with Gasteiger partial charge >= 0.3 is 0 Å². The zero-order chi connectivity index (χ0) is 19.2. The van der Waals surface area contributed by atoms with E-state index in [1.54, 1.807) is 23.9 Å². The second-order valence-corrected chi connectivity index (χ2v) is 7.64. The second-order valence-electron chi connectivity index (χ2n) is 6.70. The van der Waals surface area contributed by atoms with E-state index in [2.05, 4.69) is 35.5 Å². The number of hydrogen-bond acceptors (Lipinski definition) is 4. The van der Waals surface area contributed by atoms with Crippen LogP contribution in [0, 0.1) is 11.7 Å². The van der Waals surface area contributed by atoms with E-state index in [4.69, 9.17) is 4.74 Å². The van der Waals surface area contributed by atoms with E-state index in [0.717, 1.165) is 34.4 Å². The third-order valence-corrected chi connectivity index (χ3v) is 5.02. The van der Waals surface area contributed by atoms with Gasteiger partial charge in [-0.25, -0.2) is 4.39 Å². The van der Waals surface area contributed by atoms with Gasteiger partial charge < -0.3 is 9.30 Å². The molecule has 0 N–H and O–H groups in total. The summed E-state index contributed by atoms with van der Waals surface area (Å²) in [6.45, 7) is 7.78. The second kappa shape index (κ2) is 9.04. The number of aromatic nitrogens is 3. The van der Waals surface area contributed by atoms with Crippen molar-refractivity contribution in [3.63, 3.8) is 0 Å². The Morgan fingerprint density at radius 3 is 2.56 bits per heavy atom. The first kappa shape index (κ1) is 19.4. The van der Waals surface area contributed by atoms with Crippen molar-refractivity contribution in [3.8, 4) is 17.1 Å². The summed E-state index contributed by atoms with van der Waals surface area (Å²) in [5.41, 5.74) is 1.93. The minimum absolute atomic E-state index is 0.217. The van der Waals surface area contributed by atoms with E-state index in [-0.39, 0.29) is 5.82 Å². The highest BCUT2D eigenvalue weighted by Crippen LogP contribution is 2.27. The predicted octanol–water partition coefficient (Wildman–Crippen LogP) is 5.43. The first-order chi connectivity index (χ1) is 13.1. The number of ether oxygens (including phenoxy) is 1. The molecule has 0 aliphatic rings. The summed E-state index contributed by atoms with van der Waals surface area (Å²) < 4.78 is 21.2. The van der Waals surface area contributed by atoms with E-state index in [1.165, 1.54) is 6.07 Å². The van der Waals surface area contributed by atoms with E-state index in [1.807, 2.05) is 30.3 Å². The van der Waals surface area contributed by atoms with Crippen molar-refractivity contribution in [3.05, 3.63) is 59.9 Å². The topological polar surface area (TPSA) is 39.9 Å². The van der Waals surface area contributed by atoms with Gasteiger partial charge in [0, 0.05) is 17.9 Å². The molecule has 0 unspecified atom stereocenters. The van der Waals surface area contributed by atoms with Gasteiger partial charge in [0.25, 0.3) is 0 Å². The van der Waals surface area contributed by atoms with Crippen LogP contribution in [0.2, 0.25) is 0 Å². The fourth-order valence-electron chi connectivity index (χ4n) is 2.63. The van der Waals surface area contributed by atoms with Crippen molar-refractivity contribution in [1.29, 1.82) is 0 Å². The third-order valence-electron chi connectivity index (χ3n) is 3.99. The van der Waals surface area contributed by atoms with Gasteiger partial charge in [-0.05, 0) is 54.8 Å². The van der Waals surface area contributed by atoms with Crippen LogP contribution in [0.15, 0.2) is 53.7 Å². The molecule has 3 aromatic rings.